The minimum atomic E-state index is 0.0277. The number of likely N-dealkylation sites (tertiary alicyclic amines) is 1. The first-order chi connectivity index (χ1) is 14.2. The van der Waals surface area contributed by atoms with E-state index in [4.69, 9.17) is 4.98 Å². The smallest absolute Gasteiger partial charge is 0.272 e. The van der Waals surface area contributed by atoms with Crippen LogP contribution in [-0.4, -0.2) is 62.9 Å². The molecule has 2 aromatic rings. The maximum absolute atomic E-state index is 12.7. The summed E-state index contributed by atoms with van der Waals surface area (Å²) in [5.74, 6) is 1.16. The molecule has 0 bridgehead atoms. The predicted octanol–water partition coefficient (Wildman–Crippen LogP) is 3.21. The van der Waals surface area contributed by atoms with E-state index < -0.39 is 0 Å². The van der Waals surface area contributed by atoms with Gasteiger partial charge in [0.2, 0.25) is 0 Å². The number of carbonyl (C=O) groups is 1. The van der Waals surface area contributed by atoms with Crippen LogP contribution in [-0.2, 0) is 12.8 Å². The van der Waals surface area contributed by atoms with Crippen molar-refractivity contribution < 1.29 is 4.79 Å². The zero-order valence-electron chi connectivity index (χ0n) is 17.1. The Hall–Kier alpha value is -1.86. The van der Waals surface area contributed by atoms with Gasteiger partial charge in [0.15, 0.2) is 0 Å². The standard InChI is InChI=1S/C22H29N5OS/c1-15-23-10-5-19(24-15)22(28)27-11-6-16(7-12-27)21-25-18-8-13-26(17-3-2-4-17)14-9-20(18)29-21/h5,10,16-17H,2-4,6-9,11-14H2,1H3. The highest BCUT2D eigenvalue weighted by atomic mass is 32.1. The Labute approximate surface area is 176 Å². The molecule has 2 aliphatic heterocycles. The number of carbonyl (C=O) groups excluding carboxylic acids is 1. The van der Waals surface area contributed by atoms with E-state index in [-0.39, 0.29) is 5.91 Å². The first kappa shape index (κ1) is 19.1. The number of hydrogen-bond acceptors (Lipinski definition) is 6. The van der Waals surface area contributed by atoms with Gasteiger partial charge in [0.25, 0.3) is 5.91 Å². The zero-order chi connectivity index (χ0) is 19.8. The van der Waals surface area contributed by atoms with Gasteiger partial charge in [-0.1, -0.05) is 6.42 Å². The average Bonchev–Trinajstić information content (AvgIpc) is 3.02. The van der Waals surface area contributed by atoms with Gasteiger partial charge in [0, 0.05) is 55.6 Å². The number of rotatable bonds is 3. The van der Waals surface area contributed by atoms with E-state index in [0.717, 1.165) is 44.8 Å². The number of amides is 1. The van der Waals surface area contributed by atoms with Gasteiger partial charge in [-0.05, 0) is 45.1 Å². The molecule has 0 aromatic carbocycles. The number of aromatic nitrogens is 3. The van der Waals surface area contributed by atoms with E-state index in [9.17, 15) is 4.79 Å². The fourth-order valence-corrected chi connectivity index (χ4v) is 6.03. The van der Waals surface area contributed by atoms with Gasteiger partial charge in [0.05, 0.1) is 10.7 Å². The Balaban J connectivity index is 1.19. The molecule has 0 unspecified atom stereocenters. The van der Waals surface area contributed by atoms with E-state index in [0.29, 0.717) is 17.4 Å². The minimum Gasteiger partial charge on any atom is -0.337 e. The number of thiazole rings is 1. The number of piperidine rings is 1. The monoisotopic (exact) mass is 411 g/mol. The van der Waals surface area contributed by atoms with Gasteiger partial charge in [-0.3, -0.25) is 9.69 Å². The van der Waals surface area contributed by atoms with Crippen LogP contribution in [0.15, 0.2) is 12.3 Å². The summed E-state index contributed by atoms with van der Waals surface area (Å²) in [5.41, 5.74) is 1.86. The van der Waals surface area contributed by atoms with Crippen LogP contribution in [0.2, 0.25) is 0 Å². The molecule has 1 aliphatic carbocycles. The van der Waals surface area contributed by atoms with E-state index in [1.54, 1.807) is 12.3 Å². The van der Waals surface area contributed by atoms with Gasteiger partial charge >= 0.3 is 0 Å². The fraction of sp³-hybridized carbons (Fsp3) is 0.636. The number of hydrogen-bond donors (Lipinski definition) is 0. The second kappa shape index (κ2) is 8.11. The number of nitrogens with zero attached hydrogens (tertiary/aromatic N) is 5. The second-order valence-corrected chi connectivity index (χ2v) is 9.71. The first-order valence-corrected chi connectivity index (χ1v) is 11.8. The molecule has 5 rings (SSSR count). The van der Waals surface area contributed by atoms with E-state index in [1.807, 2.05) is 23.2 Å². The largest absolute Gasteiger partial charge is 0.337 e. The van der Waals surface area contributed by atoms with Crippen LogP contribution < -0.4 is 0 Å². The van der Waals surface area contributed by atoms with Crippen molar-refractivity contribution in [2.75, 3.05) is 26.2 Å². The second-order valence-electron chi connectivity index (χ2n) is 8.60. The molecule has 6 nitrogen and oxygen atoms in total. The highest BCUT2D eigenvalue weighted by Gasteiger charge is 2.30. The molecule has 29 heavy (non-hydrogen) atoms. The third-order valence-corrected chi connectivity index (χ3v) is 8.09. The lowest BCUT2D eigenvalue weighted by Crippen LogP contribution is -2.41. The fourth-order valence-electron chi connectivity index (χ4n) is 4.76. The van der Waals surface area contributed by atoms with Crippen molar-refractivity contribution in [3.05, 3.63) is 39.4 Å². The van der Waals surface area contributed by atoms with Gasteiger partial charge in [-0.15, -0.1) is 11.3 Å². The van der Waals surface area contributed by atoms with Crippen molar-refractivity contribution in [3.8, 4) is 0 Å². The molecule has 1 saturated carbocycles. The summed E-state index contributed by atoms with van der Waals surface area (Å²) in [7, 11) is 0. The van der Waals surface area contributed by atoms with Gasteiger partial charge in [0.1, 0.15) is 11.5 Å². The van der Waals surface area contributed by atoms with Gasteiger partial charge in [-0.2, -0.15) is 0 Å². The van der Waals surface area contributed by atoms with E-state index in [2.05, 4.69) is 14.9 Å². The summed E-state index contributed by atoms with van der Waals surface area (Å²) >= 11 is 1.94. The molecule has 1 saturated heterocycles. The van der Waals surface area contributed by atoms with Crippen LogP contribution in [0.3, 0.4) is 0 Å². The minimum absolute atomic E-state index is 0.0277. The van der Waals surface area contributed by atoms with Crippen molar-refractivity contribution in [2.45, 2.75) is 63.8 Å². The van der Waals surface area contributed by atoms with Gasteiger partial charge in [-0.25, -0.2) is 15.0 Å². The quantitative estimate of drug-likeness (QED) is 0.776. The van der Waals surface area contributed by atoms with E-state index in [1.165, 1.54) is 47.9 Å². The highest BCUT2D eigenvalue weighted by molar-refractivity contribution is 7.11. The molecule has 1 amide bonds. The van der Waals surface area contributed by atoms with E-state index >= 15 is 0 Å². The third kappa shape index (κ3) is 3.94. The van der Waals surface area contributed by atoms with Crippen molar-refractivity contribution in [1.82, 2.24) is 24.8 Å². The molecule has 0 spiro atoms. The Morgan fingerprint density at radius 1 is 1.07 bits per heavy atom. The third-order valence-electron chi connectivity index (χ3n) is 6.77. The van der Waals surface area contributed by atoms with Crippen molar-refractivity contribution >= 4 is 17.2 Å². The molecular weight excluding hydrogens is 382 g/mol. The van der Waals surface area contributed by atoms with Crippen LogP contribution in [0.25, 0.3) is 0 Å². The molecule has 3 aliphatic rings. The van der Waals surface area contributed by atoms with Gasteiger partial charge < -0.3 is 4.90 Å². The van der Waals surface area contributed by atoms with Crippen molar-refractivity contribution in [2.24, 2.45) is 0 Å². The van der Waals surface area contributed by atoms with Crippen molar-refractivity contribution in [1.29, 1.82) is 0 Å². The first-order valence-electron chi connectivity index (χ1n) is 11.0. The van der Waals surface area contributed by atoms with Crippen LogP contribution in [0, 0.1) is 6.92 Å². The lowest BCUT2D eigenvalue weighted by atomic mass is 9.91. The molecule has 2 fully saturated rings. The SMILES string of the molecule is Cc1nccc(C(=O)N2CCC(c3nc4c(s3)CCN(C3CCC3)CC4)CC2)n1. The molecule has 7 heteroatoms. The van der Waals surface area contributed by atoms with Crippen LogP contribution in [0.1, 0.15) is 69.9 Å². The molecular formula is C22H29N5OS. The summed E-state index contributed by atoms with van der Waals surface area (Å²) in [6, 6.07) is 2.55. The van der Waals surface area contributed by atoms with Crippen LogP contribution in [0.4, 0.5) is 0 Å². The number of fused-ring (bicyclic) bond motifs is 1. The lowest BCUT2D eigenvalue weighted by Gasteiger charge is -2.36. The zero-order valence-corrected chi connectivity index (χ0v) is 18.0. The summed E-state index contributed by atoms with van der Waals surface area (Å²) in [6.07, 6.45) is 10.1. The summed E-state index contributed by atoms with van der Waals surface area (Å²) in [4.78, 5) is 32.3. The highest BCUT2D eigenvalue weighted by Crippen LogP contribution is 2.35. The normalized spacial score (nSPS) is 21.5. The van der Waals surface area contributed by atoms with Crippen LogP contribution >= 0.6 is 11.3 Å². The Morgan fingerprint density at radius 3 is 2.59 bits per heavy atom. The maximum atomic E-state index is 12.7. The molecule has 154 valence electrons. The molecule has 0 atom stereocenters. The molecule has 4 heterocycles. The average molecular weight is 412 g/mol. The molecule has 0 N–H and O–H groups in total. The number of aryl methyl sites for hydroxylation is 1. The summed E-state index contributed by atoms with van der Waals surface area (Å²) in [5, 5.41) is 1.30. The Morgan fingerprint density at radius 2 is 1.86 bits per heavy atom. The molecule has 2 aromatic heterocycles. The van der Waals surface area contributed by atoms with Crippen molar-refractivity contribution in [3.63, 3.8) is 0 Å². The lowest BCUT2D eigenvalue weighted by molar-refractivity contribution is 0.0706. The predicted molar refractivity (Wildman–Crippen MR) is 113 cm³/mol. The topological polar surface area (TPSA) is 62.2 Å². The molecule has 0 radical (unpaired) electrons. The summed E-state index contributed by atoms with van der Waals surface area (Å²) in [6.45, 7) is 5.76. The Bertz CT molecular complexity index is 860. The maximum Gasteiger partial charge on any atom is 0.272 e. The summed E-state index contributed by atoms with van der Waals surface area (Å²) < 4.78 is 0. The van der Waals surface area contributed by atoms with Crippen LogP contribution in [0.5, 0.6) is 0 Å². The Kier molecular flexibility index (Phi) is 5.35.